The number of nitrogens with zero attached hydrogens (tertiary/aromatic N) is 3. The number of anilines is 1. The predicted octanol–water partition coefficient (Wildman–Crippen LogP) is 0.914. The number of benzene rings is 1. The number of nitrogen functional groups attached to an aromatic ring is 1. The zero-order valence-electron chi connectivity index (χ0n) is 9.14. The van der Waals surface area contributed by atoms with E-state index >= 15 is 0 Å². The van der Waals surface area contributed by atoms with Crippen LogP contribution < -0.4 is 5.73 Å². The number of para-hydroxylation sites is 1. The molecule has 2 rings (SSSR count). The van der Waals surface area contributed by atoms with Crippen LogP contribution >= 0.6 is 0 Å². The zero-order chi connectivity index (χ0) is 11.7. The third kappa shape index (κ3) is 1.67. The topological polar surface area (TPSA) is 72.1 Å². The van der Waals surface area contributed by atoms with Crippen molar-refractivity contribution in [2.45, 2.75) is 0 Å². The Morgan fingerprint density at radius 3 is 2.62 bits per heavy atom. The first kappa shape index (κ1) is 10.4. The Kier molecular flexibility index (Phi) is 2.44. The zero-order valence-corrected chi connectivity index (χ0v) is 9.14. The minimum absolute atomic E-state index is 0.115. The Morgan fingerprint density at radius 2 is 1.94 bits per heavy atom. The number of nitrogens with two attached hydrogens (primary N) is 1. The second-order valence-electron chi connectivity index (χ2n) is 3.65. The van der Waals surface area contributed by atoms with E-state index in [1.54, 1.807) is 20.2 Å². The molecule has 16 heavy (non-hydrogen) atoms. The van der Waals surface area contributed by atoms with E-state index in [2.05, 4.69) is 9.97 Å². The fourth-order valence-corrected chi connectivity index (χ4v) is 1.47. The van der Waals surface area contributed by atoms with Crippen molar-refractivity contribution < 1.29 is 4.79 Å². The number of carbonyl (C=O) groups excluding carboxylic acids is 1. The summed E-state index contributed by atoms with van der Waals surface area (Å²) in [5.41, 5.74) is 6.59. The highest BCUT2D eigenvalue weighted by Crippen LogP contribution is 2.17. The Morgan fingerprint density at radius 1 is 1.25 bits per heavy atom. The Labute approximate surface area is 92.9 Å². The van der Waals surface area contributed by atoms with Crippen LogP contribution in [-0.4, -0.2) is 34.9 Å². The van der Waals surface area contributed by atoms with E-state index in [4.69, 9.17) is 5.73 Å². The van der Waals surface area contributed by atoms with Crippen LogP contribution in [0.4, 0.5) is 5.95 Å². The van der Waals surface area contributed by atoms with Gasteiger partial charge in [-0.1, -0.05) is 18.2 Å². The van der Waals surface area contributed by atoms with Crippen molar-refractivity contribution in [2.75, 3.05) is 19.8 Å². The van der Waals surface area contributed by atoms with Gasteiger partial charge < -0.3 is 10.6 Å². The van der Waals surface area contributed by atoms with Gasteiger partial charge >= 0.3 is 0 Å². The van der Waals surface area contributed by atoms with Crippen molar-refractivity contribution in [1.29, 1.82) is 0 Å². The number of hydrogen-bond acceptors (Lipinski definition) is 4. The van der Waals surface area contributed by atoms with Crippen LogP contribution in [0.3, 0.4) is 0 Å². The summed E-state index contributed by atoms with van der Waals surface area (Å²) in [7, 11) is 3.35. The van der Waals surface area contributed by atoms with E-state index in [0.717, 1.165) is 5.39 Å². The maximum Gasteiger partial charge on any atom is 0.272 e. The standard InChI is InChI=1S/C11H12N4O/c1-15(2)10(16)9-7-5-3-4-6-8(7)13-11(12)14-9/h3-6H,1-2H3,(H2,12,13,14). The summed E-state index contributed by atoms with van der Waals surface area (Å²) in [6.45, 7) is 0. The highest BCUT2D eigenvalue weighted by atomic mass is 16.2. The van der Waals surface area contributed by atoms with Gasteiger partial charge in [-0.2, -0.15) is 0 Å². The molecule has 0 spiro atoms. The van der Waals surface area contributed by atoms with Gasteiger partial charge in [-0.15, -0.1) is 0 Å². The maximum atomic E-state index is 11.9. The van der Waals surface area contributed by atoms with Gasteiger partial charge in [-0.05, 0) is 6.07 Å². The average molecular weight is 216 g/mol. The molecule has 0 atom stereocenters. The molecule has 1 heterocycles. The van der Waals surface area contributed by atoms with Crippen LogP contribution in [0.2, 0.25) is 0 Å². The third-order valence-electron chi connectivity index (χ3n) is 2.23. The Hall–Kier alpha value is -2.17. The molecule has 82 valence electrons. The lowest BCUT2D eigenvalue weighted by Gasteiger charge is -2.11. The SMILES string of the molecule is CN(C)C(=O)c1nc(N)nc2ccccc12. The second kappa shape index (κ2) is 3.77. The van der Waals surface area contributed by atoms with E-state index in [-0.39, 0.29) is 11.9 Å². The summed E-state index contributed by atoms with van der Waals surface area (Å²) >= 11 is 0. The fourth-order valence-electron chi connectivity index (χ4n) is 1.47. The first-order valence-corrected chi connectivity index (χ1v) is 4.83. The first-order valence-electron chi connectivity index (χ1n) is 4.83. The molecule has 0 radical (unpaired) electrons. The molecule has 1 amide bonds. The second-order valence-corrected chi connectivity index (χ2v) is 3.65. The Bertz CT molecular complexity index is 551. The largest absolute Gasteiger partial charge is 0.368 e. The fraction of sp³-hybridized carbons (Fsp3) is 0.182. The summed E-state index contributed by atoms with van der Waals surface area (Å²) in [4.78, 5) is 21.4. The summed E-state index contributed by atoms with van der Waals surface area (Å²) in [5, 5.41) is 0.718. The van der Waals surface area contributed by atoms with Gasteiger partial charge in [0.2, 0.25) is 5.95 Å². The third-order valence-corrected chi connectivity index (χ3v) is 2.23. The molecule has 2 N–H and O–H groups in total. The number of rotatable bonds is 1. The van der Waals surface area contributed by atoms with Crippen molar-refractivity contribution in [3.8, 4) is 0 Å². The molecular weight excluding hydrogens is 204 g/mol. The molecule has 0 aliphatic carbocycles. The molecule has 1 aromatic carbocycles. The van der Waals surface area contributed by atoms with Crippen LogP contribution in [0.25, 0.3) is 10.9 Å². The van der Waals surface area contributed by atoms with Crippen LogP contribution in [0.15, 0.2) is 24.3 Å². The monoisotopic (exact) mass is 216 g/mol. The molecule has 0 fully saturated rings. The lowest BCUT2D eigenvalue weighted by Crippen LogP contribution is -2.23. The number of carbonyl (C=O) groups is 1. The molecule has 0 saturated carbocycles. The van der Waals surface area contributed by atoms with Gasteiger partial charge in [-0.25, -0.2) is 9.97 Å². The van der Waals surface area contributed by atoms with E-state index < -0.39 is 0 Å². The Balaban J connectivity index is 2.72. The first-order chi connectivity index (χ1) is 7.59. The molecule has 0 aliphatic rings. The molecule has 0 saturated heterocycles. The quantitative estimate of drug-likeness (QED) is 0.769. The minimum Gasteiger partial charge on any atom is -0.368 e. The van der Waals surface area contributed by atoms with Gasteiger partial charge in [0.05, 0.1) is 5.52 Å². The van der Waals surface area contributed by atoms with E-state index in [9.17, 15) is 4.79 Å². The highest BCUT2D eigenvalue weighted by molar-refractivity contribution is 6.04. The van der Waals surface area contributed by atoms with Gasteiger partial charge in [0.15, 0.2) is 0 Å². The molecule has 0 bridgehead atoms. The lowest BCUT2D eigenvalue weighted by molar-refractivity contribution is 0.0824. The summed E-state index contributed by atoms with van der Waals surface area (Å²) in [6, 6.07) is 7.30. The minimum atomic E-state index is -0.176. The molecule has 1 aromatic heterocycles. The number of amides is 1. The number of aromatic nitrogens is 2. The van der Waals surface area contributed by atoms with Crippen molar-refractivity contribution in [2.24, 2.45) is 0 Å². The summed E-state index contributed by atoms with van der Waals surface area (Å²) in [5.74, 6) is -0.0609. The lowest BCUT2D eigenvalue weighted by atomic mass is 10.2. The maximum absolute atomic E-state index is 11.9. The van der Waals surface area contributed by atoms with Crippen molar-refractivity contribution in [3.63, 3.8) is 0 Å². The van der Waals surface area contributed by atoms with Crippen LogP contribution in [0, 0.1) is 0 Å². The number of fused-ring (bicyclic) bond motifs is 1. The number of hydrogen-bond donors (Lipinski definition) is 1. The normalized spacial score (nSPS) is 10.4. The van der Waals surface area contributed by atoms with E-state index in [1.807, 2.05) is 18.2 Å². The molecule has 0 unspecified atom stereocenters. The van der Waals surface area contributed by atoms with Crippen molar-refractivity contribution in [3.05, 3.63) is 30.0 Å². The van der Waals surface area contributed by atoms with E-state index in [0.29, 0.717) is 11.2 Å². The van der Waals surface area contributed by atoms with Gasteiger partial charge in [0.1, 0.15) is 5.69 Å². The van der Waals surface area contributed by atoms with Crippen LogP contribution in [-0.2, 0) is 0 Å². The van der Waals surface area contributed by atoms with Crippen LogP contribution in [0.5, 0.6) is 0 Å². The van der Waals surface area contributed by atoms with Crippen LogP contribution in [0.1, 0.15) is 10.5 Å². The summed E-state index contributed by atoms with van der Waals surface area (Å²) in [6.07, 6.45) is 0. The molecular formula is C11H12N4O. The smallest absolute Gasteiger partial charge is 0.272 e. The van der Waals surface area contributed by atoms with Crippen molar-refractivity contribution in [1.82, 2.24) is 14.9 Å². The predicted molar refractivity (Wildman–Crippen MR) is 62.0 cm³/mol. The molecule has 0 aliphatic heterocycles. The molecule has 5 nitrogen and oxygen atoms in total. The van der Waals surface area contributed by atoms with Gasteiger partial charge in [-0.3, -0.25) is 4.79 Å². The van der Waals surface area contributed by atoms with Gasteiger partial charge in [0, 0.05) is 19.5 Å². The molecule has 5 heteroatoms. The highest BCUT2D eigenvalue weighted by Gasteiger charge is 2.15. The van der Waals surface area contributed by atoms with Crippen molar-refractivity contribution >= 4 is 22.8 Å². The molecule has 2 aromatic rings. The van der Waals surface area contributed by atoms with Gasteiger partial charge in [0.25, 0.3) is 5.91 Å². The summed E-state index contributed by atoms with van der Waals surface area (Å²) < 4.78 is 0. The van der Waals surface area contributed by atoms with E-state index in [1.165, 1.54) is 4.90 Å². The average Bonchev–Trinajstić information content (AvgIpc) is 2.26.